The smallest absolute Gasteiger partial charge is 0.362 e. The molecule has 1 N–H and O–H groups in total. The summed E-state index contributed by atoms with van der Waals surface area (Å²) in [5.74, 6) is -0.688. The summed E-state index contributed by atoms with van der Waals surface area (Å²) in [7, 11) is 1.21. The Morgan fingerprint density at radius 2 is 2.39 bits per heavy atom. The number of hydrogen-bond donors (Lipinski definition) is 1. The van der Waals surface area contributed by atoms with Gasteiger partial charge in [0.25, 0.3) is 5.56 Å². The lowest BCUT2D eigenvalue weighted by molar-refractivity contribution is 0.0590. The highest BCUT2D eigenvalue weighted by Gasteiger charge is 2.23. The molecule has 2 rings (SSSR count). The summed E-state index contributed by atoms with van der Waals surface area (Å²) in [5, 5.41) is 9.06. The van der Waals surface area contributed by atoms with Crippen molar-refractivity contribution in [3.63, 3.8) is 0 Å². The van der Waals surface area contributed by atoms with Gasteiger partial charge >= 0.3 is 5.97 Å². The largest absolute Gasteiger partial charge is 0.464 e. The third kappa shape index (κ3) is 2.19. The molecule has 1 heterocycles. The number of aliphatic hydroxyl groups excluding tert-OH is 1. The summed E-state index contributed by atoms with van der Waals surface area (Å²) in [6, 6.07) is -0.152. The zero-order valence-corrected chi connectivity index (χ0v) is 9.94. The van der Waals surface area contributed by atoms with Gasteiger partial charge < -0.3 is 14.4 Å². The zero-order valence-electron chi connectivity index (χ0n) is 9.94. The van der Waals surface area contributed by atoms with Gasteiger partial charge in [-0.15, -0.1) is 0 Å². The van der Waals surface area contributed by atoms with E-state index in [4.69, 9.17) is 5.11 Å². The van der Waals surface area contributed by atoms with Crippen molar-refractivity contribution in [2.75, 3.05) is 13.7 Å². The van der Waals surface area contributed by atoms with Crippen molar-refractivity contribution in [3.8, 4) is 0 Å². The Kier molecular flexibility index (Phi) is 3.57. The molecule has 0 aliphatic heterocycles. The van der Waals surface area contributed by atoms with E-state index in [9.17, 15) is 9.59 Å². The van der Waals surface area contributed by atoms with Crippen LogP contribution >= 0.6 is 0 Å². The number of carbonyl (C=O) groups is 1. The lowest BCUT2D eigenvalue weighted by Gasteiger charge is -2.14. The molecule has 2 unspecified atom stereocenters. The van der Waals surface area contributed by atoms with E-state index in [-0.39, 0.29) is 24.3 Å². The fourth-order valence-electron chi connectivity index (χ4n) is 2.02. The van der Waals surface area contributed by atoms with Crippen LogP contribution in [0.2, 0.25) is 0 Å². The number of methoxy groups -OCH3 is 1. The van der Waals surface area contributed by atoms with Crippen LogP contribution in [0.4, 0.5) is 0 Å². The Balaban J connectivity index is 2.33. The highest BCUT2D eigenvalue weighted by molar-refractivity contribution is 5.86. The molecule has 0 saturated heterocycles. The van der Waals surface area contributed by atoms with Crippen LogP contribution in [0.25, 0.3) is 0 Å². The number of esters is 1. The van der Waals surface area contributed by atoms with Gasteiger partial charge in [-0.1, -0.05) is 12.2 Å². The number of nitrogens with zero attached hydrogens (tertiary/aromatic N) is 2. The first-order valence-corrected chi connectivity index (χ1v) is 5.62. The van der Waals surface area contributed by atoms with Crippen LogP contribution in [0.3, 0.4) is 0 Å². The molecular formula is C12H14N2O4. The second kappa shape index (κ2) is 5.14. The van der Waals surface area contributed by atoms with Crippen LogP contribution in [0.15, 0.2) is 29.3 Å². The molecule has 6 nitrogen and oxygen atoms in total. The molecule has 18 heavy (non-hydrogen) atoms. The number of aromatic nitrogens is 2. The second-order valence-electron chi connectivity index (χ2n) is 4.11. The van der Waals surface area contributed by atoms with Crippen LogP contribution in [0, 0.1) is 5.92 Å². The van der Waals surface area contributed by atoms with E-state index in [0.29, 0.717) is 6.42 Å². The van der Waals surface area contributed by atoms with E-state index in [1.165, 1.54) is 24.1 Å². The molecule has 1 aliphatic rings. The van der Waals surface area contributed by atoms with Crippen molar-refractivity contribution < 1.29 is 14.6 Å². The molecule has 2 atom stereocenters. The topological polar surface area (TPSA) is 81.4 Å². The van der Waals surface area contributed by atoms with Crippen LogP contribution in [-0.2, 0) is 4.74 Å². The highest BCUT2D eigenvalue weighted by atomic mass is 16.5. The Bertz CT molecular complexity index is 535. The minimum absolute atomic E-state index is 0.0523. The van der Waals surface area contributed by atoms with Gasteiger partial charge in [-0.2, -0.15) is 0 Å². The van der Waals surface area contributed by atoms with E-state index < -0.39 is 11.5 Å². The average Bonchev–Trinajstić information content (AvgIpc) is 2.86. The molecule has 96 valence electrons. The van der Waals surface area contributed by atoms with Gasteiger partial charge in [-0.25, -0.2) is 9.78 Å². The maximum absolute atomic E-state index is 12.1. The summed E-state index contributed by atoms with van der Waals surface area (Å²) in [5.41, 5.74) is -0.696. The number of ether oxygens (including phenoxy) is 1. The lowest BCUT2D eigenvalue weighted by atomic mass is 10.1. The van der Waals surface area contributed by atoms with Crippen LogP contribution in [0.5, 0.6) is 0 Å². The van der Waals surface area contributed by atoms with Gasteiger partial charge in [-0.3, -0.25) is 4.79 Å². The molecule has 0 radical (unpaired) electrons. The van der Waals surface area contributed by atoms with Gasteiger partial charge in [0.15, 0.2) is 0 Å². The molecule has 0 bridgehead atoms. The number of allylic oxidation sites excluding steroid dienone is 1. The van der Waals surface area contributed by atoms with Crippen molar-refractivity contribution in [3.05, 3.63) is 40.6 Å². The normalized spacial score (nSPS) is 22.1. The molecule has 1 aliphatic carbocycles. The van der Waals surface area contributed by atoms with E-state index in [2.05, 4.69) is 9.72 Å². The fourth-order valence-corrected chi connectivity index (χ4v) is 2.02. The van der Waals surface area contributed by atoms with Gasteiger partial charge in [0.05, 0.1) is 13.2 Å². The van der Waals surface area contributed by atoms with Crippen molar-refractivity contribution in [2.24, 2.45) is 5.92 Å². The number of aliphatic hydroxyl groups is 1. The van der Waals surface area contributed by atoms with Gasteiger partial charge in [0.1, 0.15) is 0 Å². The molecule has 0 aromatic carbocycles. The lowest BCUT2D eigenvalue weighted by Crippen LogP contribution is -2.30. The minimum atomic E-state index is -0.741. The monoisotopic (exact) mass is 250 g/mol. The fraction of sp³-hybridized carbons (Fsp3) is 0.417. The van der Waals surface area contributed by atoms with Crippen LogP contribution in [0.1, 0.15) is 23.0 Å². The first-order valence-electron chi connectivity index (χ1n) is 5.62. The molecular weight excluding hydrogens is 236 g/mol. The summed E-state index contributed by atoms with van der Waals surface area (Å²) in [6.07, 6.45) is 7.29. The van der Waals surface area contributed by atoms with E-state index in [0.717, 1.165) is 0 Å². The molecule has 0 saturated carbocycles. The molecule has 6 heteroatoms. The Labute approximate surface area is 104 Å². The Hall–Kier alpha value is -1.95. The van der Waals surface area contributed by atoms with Crippen molar-refractivity contribution >= 4 is 5.97 Å². The van der Waals surface area contributed by atoms with Crippen molar-refractivity contribution in [1.29, 1.82) is 0 Å². The summed E-state index contributed by atoms with van der Waals surface area (Å²) in [6.45, 7) is 0.0523. The van der Waals surface area contributed by atoms with Crippen molar-refractivity contribution in [1.82, 2.24) is 9.55 Å². The van der Waals surface area contributed by atoms with E-state index >= 15 is 0 Å². The average molecular weight is 250 g/mol. The molecule has 0 fully saturated rings. The first-order chi connectivity index (χ1) is 8.67. The van der Waals surface area contributed by atoms with Gasteiger partial charge in [0.2, 0.25) is 5.69 Å². The highest BCUT2D eigenvalue weighted by Crippen LogP contribution is 2.25. The molecule has 1 aromatic rings. The number of carbonyl (C=O) groups excluding carboxylic acids is 1. The summed E-state index contributed by atoms with van der Waals surface area (Å²) in [4.78, 5) is 27.2. The molecule has 0 spiro atoms. The quantitative estimate of drug-likeness (QED) is 0.609. The standard InChI is InChI=1S/C12H14N2O4/c1-18-12(17)10-11(16)14(5-4-13-10)9-3-2-8(6-9)7-15/h2-5,8-9,15H,6-7H2,1H3. The molecule has 1 aromatic heterocycles. The third-order valence-electron chi connectivity index (χ3n) is 2.99. The third-order valence-corrected chi connectivity index (χ3v) is 2.99. The zero-order chi connectivity index (χ0) is 13.1. The summed E-state index contributed by atoms with van der Waals surface area (Å²) < 4.78 is 5.94. The molecule has 0 amide bonds. The minimum Gasteiger partial charge on any atom is -0.464 e. The van der Waals surface area contributed by atoms with Gasteiger partial charge in [0, 0.05) is 24.9 Å². The maximum Gasteiger partial charge on any atom is 0.362 e. The van der Waals surface area contributed by atoms with Crippen molar-refractivity contribution in [2.45, 2.75) is 12.5 Å². The maximum atomic E-state index is 12.1. The predicted octanol–water partition coefficient (Wildman–Crippen LogP) is 0.139. The van der Waals surface area contributed by atoms with Crippen LogP contribution < -0.4 is 5.56 Å². The number of rotatable bonds is 3. The van der Waals surface area contributed by atoms with Gasteiger partial charge in [-0.05, 0) is 6.42 Å². The first kappa shape index (κ1) is 12.5. The second-order valence-corrected chi connectivity index (χ2v) is 4.11. The number of hydrogen-bond acceptors (Lipinski definition) is 5. The van der Waals surface area contributed by atoms with E-state index in [1.807, 2.05) is 12.2 Å². The Morgan fingerprint density at radius 1 is 1.61 bits per heavy atom. The Morgan fingerprint density at radius 3 is 3.00 bits per heavy atom. The SMILES string of the molecule is COC(=O)c1nccn(C2C=CC(CO)C2)c1=O. The van der Waals surface area contributed by atoms with Crippen LogP contribution in [-0.4, -0.2) is 34.3 Å². The predicted molar refractivity (Wildman–Crippen MR) is 63.2 cm³/mol. The summed E-state index contributed by atoms with van der Waals surface area (Å²) >= 11 is 0. The van der Waals surface area contributed by atoms with E-state index in [1.54, 1.807) is 0 Å².